The second-order valence-electron chi connectivity index (χ2n) is 5.64. The Balaban J connectivity index is 1.88. The van der Waals surface area contributed by atoms with Gasteiger partial charge in [0.15, 0.2) is 0 Å². The molecule has 5 nitrogen and oxygen atoms in total. The van der Waals surface area contributed by atoms with E-state index in [9.17, 15) is 4.79 Å². The van der Waals surface area contributed by atoms with Crippen LogP contribution in [0.15, 0.2) is 42.5 Å². The molecule has 1 aliphatic rings. The van der Waals surface area contributed by atoms with E-state index in [1.54, 1.807) is 33.1 Å². The second-order valence-corrected chi connectivity index (χ2v) is 6.71. The zero-order valence-corrected chi connectivity index (χ0v) is 15.3. The molecule has 1 amide bonds. The first kappa shape index (κ1) is 17.5. The quantitative estimate of drug-likeness (QED) is 0.790. The van der Waals surface area contributed by atoms with E-state index in [4.69, 9.17) is 14.2 Å². The highest BCUT2D eigenvalue weighted by Crippen LogP contribution is 2.44. The Morgan fingerprint density at radius 3 is 2.32 bits per heavy atom. The number of amides is 1. The number of rotatable bonds is 6. The molecule has 2 aromatic carbocycles. The van der Waals surface area contributed by atoms with Crippen LogP contribution in [-0.4, -0.2) is 37.9 Å². The molecular formula is C19H21NO4S. The lowest BCUT2D eigenvalue weighted by molar-refractivity contribution is -0.128. The highest BCUT2D eigenvalue weighted by molar-refractivity contribution is 8.00. The van der Waals surface area contributed by atoms with Crippen LogP contribution in [0.3, 0.4) is 0 Å². The molecule has 0 N–H and O–H groups in total. The largest absolute Gasteiger partial charge is 0.497 e. The first-order valence-corrected chi connectivity index (χ1v) is 8.97. The van der Waals surface area contributed by atoms with E-state index in [2.05, 4.69) is 0 Å². The maximum atomic E-state index is 12.4. The third kappa shape index (κ3) is 3.69. The second kappa shape index (κ2) is 7.70. The van der Waals surface area contributed by atoms with Crippen molar-refractivity contribution < 1.29 is 19.0 Å². The van der Waals surface area contributed by atoms with Crippen LogP contribution in [0.4, 0.5) is 0 Å². The maximum Gasteiger partial charge on any atom is 0.234 e. The van der Waals surface area contributed by atoms with Crippen LogP contribution < -0.4 is 14.2 Å². The molecule has 132 valence electrons. The van der Waals surface area contributed by atoms with Crippen molar-refractivity contribution in [2.45, 2.75) is 11.9 Å². The molecule has 25 heavy (non-hydrogen) atoms. The van der Waals surface area contributed by atoms with Crippen molar-refractivity contribution in [3.63, 3.8) is 0 Å². The van der Waals surface area contributed by atoms with Gasteiger partial charge in [0.1, 0.15) is 22.6 Å². The number of hydrogen-bond donors (Lipinski definition) is 0. The first-order chi connectivity index (χ1) is 12.2. The van der Waals surface area contributed by atoms with Crippen molar-refractivity contribution in [2.75, 3.05) is 27.1 Å². The lowest BCUT2D eigenvalue weighted by Crippen LogP contribution is -2.27. The fourth-order valence-electron chi connectivity index (χ4n) is 2.84. The van der Waals surface area contributed by atoms with E-state index in [-0.39, 0.29) is 11.3 Å². The van der Waals surface area contributed by atoms with Crippen molar-refractivity contribution in [1.82, 2.24) is 4.90 Å². The van der Waals surface area contributed by atoms with Gasteiger partial charge in [-0.3, -0.25) is 4.79 Å². The summed E-state index contributed by atoms with van der Waals surface area (Å²) in [7, 11) is 4.91. The van der Waals surface area contributed by atoms with Gasteiger partial charge in [-0.25, -0.2) is 0 Å². The molecule has 0 spiro atoms. The van der Waals surface area contributed by atoms with Crippen molar-refractivity contribution in [1.29, 1.82) is 0 Å². The smallest absolute Gasteiger partial charge is 0.234 e. The molecule has 0 aliphatic carbocycles. The average molecular weight is 359 g/mol. The fourth-order valence-corrected chi connectivity index (χ4v) is 4.04. The Morgan fingerprint density at radius 1 is 1.00 bits per heavy atom. The number of hydrogen-bond acceptors (Lipinski definition) is 5. The standard InChI is InChI=1S/C19H21NO4S/c1-22-14-6-4-13(5-7-14)11-20-18(21)12-25-19(20)16-10-15(23-2)8-9-17(16)24-3/h4-10,19H,11-12H2,1-3H3/t19-/m1/s1. The predicted octanol–water partition coefficient (Wildman–Crippen LogP) is 3.49. The molecular weight excluding hydrogens is 338 g/mol. The number of thioether (sulfide) groups is 1. The van der Waals surface area contributed by atoms with Crippen LogP contribution in [0, 0.1) is 0 Å². The van der Waals surface area contributed by atoms with Gasteiger partial charge in [0, 0.05) is 12.1 Å². The van der Waals surface area contributed by atoms with E-state index in [1.807, 2.05) is 47.4 Å². The molecule has 3 rings (SSSR count). The fraction of sp³-hybridized carbons (Fsp3) is 0.316. The minimum Gasteiger partial charge on any atom is -0.497 e. The third-order valence-electron chi connectivity index (χ3n) is 4.18. The van der Waals surface area contributed by atoms with Gasteiger partial charge < -0.3 is 19.1 Å². The number of ether oxygens (including phenoxy) is 3. The van der Waals surface area contributed by atoms with Crippen molar-refractivity contribution in [3.8, 4) is 17.2 Å². The Morgan fingerprint density at radius 2 is 1.68 bits per heavy atom. The summed E-state index contributed by atoms with van der Waals surface area (Å²) in [5.74, 6) is 2.89. The summed E-state index contributed by atoms with van der Waals surface area (Å²) in [6.45, 7) is 0.543. The first-order valence-electron chi connectivity index (χ1n) is 7.92. The molecule has 0 bridgehead atoms. The molecule has 1 aliphatic heterocycles. The minimum atomic E-state index is -0.0975. The normalized spacial score (nSPS) is 16.8. The number of benzene rings is 2. The Kier molecular flexibility index (Phi) is 5.38. The van der Waals surface area contributed by atoms with E-state index in [1.165, 1.54) is 0 Å². The predicted molar refractivity (Wildman–Crippen MR) is 98.3 cm³/mol. The van der Waals surface area contributed by atoms with Crippen LogP contribution in [0.1, 0.15) is 16.5 Å². The monoisotopic (exact) mass is 359 g/mol. The van der Waals surface area contributed by atoms with Crippen molar-refractivity contribution >= 4 is 17.7 Å². The molecule has 0 aromatic heterocycles. The number of carbonyl (C=O) groups excluding carboxylic acids is 1. The molecule has 0 saturated carbocycles. The average Bonchev–Trinajstić information content (AvgIpc) is 3.02. The van der Waals surface area contributed by atoms with Crippen LogP contribution in [-0.2, 0) is 11.3 Å². The Bertz CT molecular complexity index is 748. The van der Waals surface area contributed by atoms with Gasteiger partial charge in [0.25, 0.3) is 0 Å². The lowest BCUT2D eigenvalue weighted by Gasteiger charge is -2.26. The minimum absolute atomic E-state index is 0.0975. The molecule has 1 atom stereocenters. The molecule has 1 fully saturated rings. The number of methoxy groups -OCH3 is 3. The zero-order valence-electron chi connectivity index (χ0n) is 14.5. The van der Waals surface area contributed by atoms with Gasteiger partial charge in [-0.05, 0) is 35.9 Å². The van der Waals surface area contributed by atoms with Crippen molar-refractivity contribution in [3.05, 3.63) is 53.6 Å². The van der Waals surface area contributed by atoms with Gasteiger partial charge in [-0.1, -0.05) is 12.1 Å². The Labute approximate surface area is 151 Å². The number of carbonyl (C=O) groups is 1. The van der Waals surface area contributed by atoms with Crippen LogP contribution in [0.25, 0.3) is 0 Å². The van der Waals surface area contributed by atoms with E-state index < -0.39 is 0 Å². The molecule has 1 saturated heterocycles. The van der Waals surface area contributed by atoms with Gasteiger partial charge in [0.05, 0.1) is 27.1 Å². The molecule has 0 radical (unpaired) electrons. The summed E-state index contributed by atoms with van der Waals surface area (Å²) < 4.78 is 16.0. The van der Waals surface area contributed by atoms with Gasteiger partial charge in [0.2, 0.25) is 5.91 Å². The van der Waals surface area contributed by atoms with Crippen LogP contribution >= 0.6 is 11.8 Å². The molecule has 2 aromatic rings. The van der Waals surface area contributed by atoms with Crippen LogP contribution in [0.2, 0.25) is 0 Å². The molecule has 6 heteroatoms. The van der Waals surface area contributed by atoms with E-state index in [0.717, 1.165) is 28.4 Å². The van der Waals surface area contributed by atoms with Crippen LogP contribution in [0.5, 0.6) is 17.2 Å². The summed E-state index contributed by atoms with van der Waals surface area (Å²) in [5.41, 5.74) is 2.01. The lowest BCUT2D eigenvalue weighted by atomic mass is 10.1. The zero-order chi connectivity index (χ0) is 17.8. The van der Waals surface area contributed by atoms with Gasteiger partial charge >= 0.3 is 0 Å². The topological polar surface area (TPSA) is 48.0 Å². The molecule has 0 unspecified atom stereocenters. The summed E-state index contributed by atoms with van der Waals surface area (Å²) in [4.78, 5) is 14.3. The number of nitrogens with zero attached hydrogens (tertiary/aromatic N) is 1. The highest BCUT2D eigenvalue weighted by Gasteiger charge is 2.34. The summed E-state index contributed by atoms with van der Waals surface area (Å²) in [6, 6.07) is 13.5. The van der Waals surface area contributed by atoms with Gasteiger partial charge in [-0.2, -0.15) is 0 Å². The summed E-state index contributed by atoms with van der Waals surface area (Å²) in [5, 5.41) is -0.0975. The highest BCUT2D eigenvalue weighted by atomic mass is 32.2. The van der Waals surface area contributed by atoms with E-state index in [0.29, 0.717) is 12.3 Å². The van der Waals surface area contributed by atoms with Gasteiger partial charge in [-0.15, -0.1) is 11.8 Å². The third-order valence-corrected chi connectivity index (χ3v) is 5.42. The summed E-state index contributed by atoms with van der Waals surface area (Å²) in [6.07, 6.45) is 0. The maximum absolute atomic E-state index is 12.4. The van der Waals surface area contributed by atoms with E-state index >= 15 is 0 Å². The van der Waals surface area contributed by atoms with Crippen molar-refractivity contribution in [2.24, 2.45) is 0 Å². The Hall–Kier alpha value is -2.34. The SMILES string of the molecule is COc1ccc(CN2C(=O)CS[C@@H]2c2cc(OC)ccc2OC)cc1. The molecule has 1 heterocycles. The summed E-state index contributed by atoms with van der Waals surface area (Å²) >= 11 is 1.60.